The zero-order valence-electron chi connectivity index (χ0n) is 11.5. The van der Waals surface area contributed by atoms with Gasteiger partial charge in [-0.2, -0.15) is 0 Å². The van der Waals surface area contributed by atoms with Crippen molar-refractivity contribution in [2.45, 2.75) is 19.3 Å². The summed E-state index contributed by atoms with van der Waals surface area (Å²) >= 11 is 6.04. The molecule has 4 heteroatoms. The predicted molar refractivity (Wildman–Crippen MR) is 82.7 cm³/mol. The average Bonchev–Trinajstić information content (AvgIpc) is 2.50. The fraction of sp³-hybridized carbons (Fsp3) is 0.235. The first-order valence-corrected chi connectivity index (χ1v) is 7.36. The normalized spacial score (nSPS) is 13.4. The van der Waals surface area contributed by atoms with E-state index in [9.17, 15) is 9.18 Å². The Bertz CT molecular complexity index is 699. The van der Waals surface area contributed by atoms with Gasteiger partial charge in [0.1, 0.15) is 5.82 Å². The predicted octanol–water partition coefficient (Wildman–Crippen LogP) is 4.26. The quantitative estimate of drug-likeness (QED) is 0.858. The van der Waals surface area contributed by atoms with Gasteiger partial charge < -0.3 is 5.32 Å². The van der Waals surface area contributed by atoms with E-state index < -0.39 is 0 Å². The number of anilines is 1. The molecule has 21 heavy (non-hydrogen) atoms. The molecule has 108 valence electrons. The highest BCUT2D eigenvalue weighted by Crippen LogP contribution is 2.27. The van der Waals surface area contributed by atoms with Crippen LogP contribution in [0.4, 0.5) is 10.1 Å². The lowest BCUT2D eigenvalue weighted by atomic mass is 9.93. The molecular weight excluding hydrogens is 289 g/mol. The van der Waals surface area contributed by atoms with E-state index in [-0.39, 0.29) is 18.0 Å². The summed E-state index contributed by atoms with van der Waals surface area (Å²) < 4.78 is 13.3. The van der Waals surface area contributed by atoms with Crippen LogP contribution in [-0.2, 0) is 12.8 Å². The molecule has 0 aromatic heterocycles. The summed E-state index contributed by atoms with van der Waals surface area (Å²) in [7, 11) is 0. The molecule has 2 aromatic rings. The molecule has 0 fully saturated rings. The van der Waals surface area contributed by atoms with E-state index in [1.165, 1.54) is 18.2 Å². The lowest BCUT2D eigenvalue weighted by Crippen LogP contribution is -2.16. The van der Waals surface area contributed by atoms with Crippen molar-refractivity contribution in [1.82, 2.24) is 0 Å². The highest BCUT2D eigenvalue weighted by Gasteiger charge is 2.18. The highest BCUT2D eigenvalue weighted by molar-refractivity contribution is 6.31. The Morgan fingerprint density at radius 2 is 2.14 bits per heavy atom. The molecule has 0 aliphatic carbocycles. The minimum absolute atomic E-state index is 0.0250. The Morgan fingerprint density at radius 3 is 3.00 bits per heavy atom. The van der Waals surface area contributed by atoms with Crippen molar-refractivity contribution in [2.24, 2.45) is 0 Å². The average molecular weight is 304 g/mol. The Hall–Kier alpha value is -1.87. The van der Waals surface area contributed by atoms with Crippen LogP contribution in [0, 0.1) is 5.82 Å². The lowest BCUT2D eigenvalue weighted by molar-refractivity contribution is 0.0992. The van der Waals surface area contributed by atoms with Gasteiger partial charge in [-0.1, -0.05) is 23.7 Å². The molecule has 0 saturated heterocycles. The number of nitrogens with one attached hydrogen (secondary N) is 1. The van der Waals surface area contributed by atoms with Crippen molar-refractivity contribution in [3.63, 3.8) is 0 Å². The van der Waals surface area contributed by atoms with Gasteiger partial charge in [-0.05, 0) is 48.2 Å². The van der Waals surface area contributed by atoms with Crippen molar-refractivity contribution in [1.29, 1.82) is 0 Å². The van der Waals surface area contributed by atoms with Crippen LogP contribution in [0.2, 0.25) is 5.02 Å². The van der Waals surface area contributed by atoms with Gasteiger partial charge >= 0.3 is 0 Å². The summed E-state index contributed by atoms with van der Waals surface area (Å²) in [5.74, 6) is -0.401. The number of Topliss-reactive ketones (excluding diaryl/α,β-unsaturated/α-hetero) is 1. The van der Waals surface area contributed by atoms with Crippen LogP contribution >= 0.6 is 11.6 Å². The molecule has 0 spiro atoms. The van der Waals surface area contributed by atoms with Gasteiger partial charge in [0.25, 0.3) is 0 Å². The molecule has 3 rings (SSSR count). The van der Waals surface area contributed by atoms with Crippen LogP contribution in [0.3, 0.4) is 0 Å². The third-order valence-electron chi connectivity index (χ3n) is 3.75. The summed E-state index contributed by atoms with van der Waals surface area (Å²) in [4.78, 5) is 12.5. The van der Waals surface area contributed by atoms with Gasteiger partial charge in [-0.25, -0.2) is 4.39 Å². The van der Waals surface area contributed by atoms with Crippen molar-refractivity contribution in [3.05, 3.63) is 63.9 Å². The zero-order chi connectivity index (χ0) is 14.8. The minimum Gasteiger partial charge on any atom is -0.385 e. The summed E-state index contributed by atoms with van der Waals surface area (Å²) in [6, 6.07) is 9.80. The molecule has 0 saturated carbocycles. The number of carbonyl (C=O) groups is 1. The third kappa shape index (κ3) is 2.93. The molecule has 2 nitrogen and oxygen atoms in total. The maximum Gasteiger partial charge on any atom is 0.167 e. The van der Waals surface area contributed by atoms with E-state index in [2.05, 4.69) is 5.32 Å². The van der Waals surface area contributed by atoms with E-state index in [0.29, 0.717) is 16.1 Å². The molecule has 1 N–H and O–H groups in total. The second-order valence-corrected chi connectivity index (χ2v) is 5.60. The Labute approximate surface area is 127 Å². The number of hydrogen-bond acceptors (Lipinski definition) is 2. The van der Waals surface area contributed by atoms with Crippen LogP contribution in [0.5, 0.6) is 0 Å². The molecule has 0 radical (unpaired) electrons. The van der Waals surface area contributed by atoms with Crippen molar-refractivity contribution < 1.29 is 9.18 Å². The van der Waals surface area contributed by atoms with Crippen LogP contribution in [0.1, 0.15) is 27.9 Å². The molecule has 0 atom stereocenters. The van der Waals surface area contributed by atoms with Gasteiger partial charge in [-0.15, -0.1) is 0 Å². The largest absolute Gasteiger partial charge is 0.385 e. The van der Waals surface area contributed by atoms with Crippen LogP contribution in [-0.4, -0.2) is 12.3 Å². The molecule has 1 aliphatic heterocycles. The first-order chi connectivity index (χ1) is 10.1. The monoisotopic (exact) mass is 303 g/mol. The summed E-state index contributed by atoms with van der Waals surface area (Å²) in [6.45, 7) is 0.931. The number of fused-ring (bicyclic) bond motifs is 1. The second-order valence-electron chi connectivity index (χ2n) is 5.20. The first-order valence-electron chi connectivity index (χ1n) is 6.98. The van der Waals surface area contributed by atoms with Gasteiger partial charge in [0.2, 0.25) is 0 Å². The van der Waals surface area contributed by atoms with Crippen molar-refractivity contribution in [3.8, 4) is 0 Å². The van der Waals surface area contributed by atoms with Crippen molar-refractivity contribution in [2.75, 3.05) is 11.9 Å². The molecule has 2 aromatic carbocycles. The van der Waals surface area contributed by atoms with Gasteiger partial charge in [-0.3, -0.25) is 4.79 Å². The topological polar surface area (TPSA) is 29.1 Å². The third-order valence-corrected chi connectivity index (χ3v) is 4.12. The van der Waals surface area contributed by atoms with E-state index in [0.717, 1.165) is 30.6 Å². The maximum absolute atomic E-state index is 13.3. The van der Waals surface area contributed by atoms with Gasteiger partial charge in [0.05, 0.1) is 0 Å². The molecule has 0 bridgehead atoms. The van der Waals surface area contributed by atoms with Crippen LogP contribution in [0.25, 0.3) is 0 Å². The van der Waals surface area contributed by atoms with Crippen LogP contribution < -0.4 is 5.32 Å². The summed E-state index contributed by atoms with van der Waals surface area (Å²) in [6.07, 6.45) is 2.02. The number of hydrogen-bond donors (Lipinski definition) is 1. The Balaban J connectivity index is 1.91. The first kappa shape index (κ1) is 14.1. The molecule has 1 heterocycles. The minimum atomic E-state index is -0.376. The Morgan fingerprint density at radius 1 is 1.29 bits per heavy atom. The standard InChI is InChI=1S/C17H15ClFNO/c18-15-7-6-12(19)9-11(15)10-17(21)14-3-1-5-16-13(14)4-2-8-20-16/h1,3,5-7,9,20H,2,4,8,10H2. The number of rotatable bonds is 3. The molecule has 0 amide bonds. The smallest absolute Gasteiger partial charge is 0.167 e. The number of ketones is 1. The van der Waals surface area contributed by atoms with E-state index >= 15 is 0 Å². The number of carbonyl (C=O) groups excluding carboxylic acids is 1. The highest BCUT2D eigenvalue weighted by atomic mass is 35.5. The van der Waals surface area contributed by atoms with E-state index in [1.54, 1.807) is 0 Å². The SMILES string of the molecule is O=C(Cc1cc(F)ccc1Cl)c1cccc2c1CCCN2. The second kappa shape index (κ2) is 5.86. The lowest BCUT2D eigenvalue weighted by Gasteiger charge is -2.20. The van der Waals surface area contributed by atoms with Gasteiger partial charge in [0, 0.05) is 29.2 Å². The molecule has 0 unspecified atom stereocenters. The fourth-order valence-electron chi connectivity index (χ4n) is 2.72. The van der Waals surface area contributed by atoms with E-state index in [4.69, 9.17) is 11.6 Å². The fourth-order valence-corrected chi connectivity index (χ4v) is 2.90. The zero-order valence-corrected chi connectivity index (χ0v) is 12.2. The summed E-state index contributed by atoms with van der Waals surface area (Å²) in [5, 5.41) is 3.73. The van der Waals surface area contributed by atoms with Crippen LogP contribution in [0.15, 0.2) is 36.4 Å². The maximum atomic E-state index is 13.3. The Kier molecular flexibility index (Phi) is 3.93. The molecule has 1 aliphatic rings. The number of benzene rings is 2. The van der Waals surface area contributed by atoms with Gasteiger partial charge in [0.15, 0.2) is 5.78 Å². The molecular formula is C17H15ClFNO. The summed E-state index contributed by atoms with van der Waals surface area (Å²) in [5.41, 5.74) is 3.32. The number of halogens is 2. The van der Waals surface area contributed by atoms with Crippen molar-refractivity contribution >= 4 is 23.1 Å². The van der Waals surface area contributed by atoms with E-state index in [1.807, 2.05) is 18.2 Å².